The molecule has 0 aromatic carbocycles. The van der Waals surface area contributed by atoms with Gasteiger partial charge in [-0.2, -0.15) is 0 Å². The maximum atomic E-state index is 13.2. The predicted octanol–water partition coefficient (Wildman–Crippen LogP) is -3.63. The molecule has 1 aromatic rings. The van der Waals surface area contributed by atoms with Crippen LogP contribution in [0.4, 0.5) is 0 Å². The highest BCUT2D eigenvalue weighted by molar-refractivity contribution is 5.96. The number of hydrogen-bond donors (Lipinski definition) is 8. The Morgan fingerprint density at radius 1 is 0.556 bits per heavy atom. The van der Waals surface area contributed by atoms with Crippen LogP contribution < -0.4 is 0 Å². The fourth-order valence-electron chi connectivity index (χ4n) is 3.42. The van der Waals surface area contributed by atoms with Crippen molar-refractivity contribution in [3.8, 4) is 0 Å². The van der Waals surface area contributed by atoms with Gasteiger partial charge in [0.05, 0.1) is 0 Å². The van der Waals surface area contributed by atoms with Crippen molar-refractivity contribution in [3.05, 3.63) is 29.6 Å². The van der Waals surface area contributed by atoms with Gasteiger partial charge in [-0.1, -0.05) is 6.07 Å². The number of nitrogens with zero attached hydrogens (tertiary/aromatic N) is 3. The number of amides is 2. The van der Waals surface area contributed by atoms with E-state index in [1.165, 1.54) is 28.0 Å². The number of hydrogen-bond acceptors (Lipinski definition) is 11. The number of pyridine rings is 1. The van der Waals surface area contributed by atoms with Gasteiger partial charge in [-0.3, -0.25) is 9.59 Å². The Balaban J connectivity index is 3.27. The van der Waals surface area contributed by atoms with Crippen molar-refractivity contribution in [3.63, 3.8) is 0 Å². The molecule has 0 atom stereocenters. The Bertz CT molecular complexity index is 681. The lowest BCUT2D eigenvalue weighted by atomic mass is 10.1. The molecule has 0 fully saturated rings. The van der Waals surface area contributed by atoms with Crippen LogP contribution in [0, 0.1) is 23.7 Å². The summed E-state index contributed by atoms with van der Waals surface area (Å²) >= 11 is 0. The molecule has 0 aliphatic carbocycles. The molecule has 8 N–H and O–H groups in total. The summed E-state index contributed by atoms with van der Waals surface area (Å²) in [5.74, 6) is -3.99. The fraction of sp³-hybridized carbons (Fsp3) is 0.696. The first-order chi connectivity index (χ1) is 17.3. The van der Waals surface area contributed by atoms with Crippen LogP contribution in [-0.4, -0.2) is 146 Å². The zero-order valence-corrected chi connectivity index (χ0v) is 20.3. The van der Waals surface area contributed by atoms with Crippen LogP contribution in [0.2, 0.25) is 0 Å². The summed E-state index contributed by atoms with van der Waals surface area (Å²) in [4.78, 5) is 33.1. The molecule has 1 rings (SSSR count). The van der Waals surface area contributed by atoms with Crippen LogP contribution >= 0.6 is 0 Å². The standard InChI is InChI=1S/C23H39N3O10/c27-8-16(9-28)4-25(5-17(10-29)11-30)22(35)20-2-1-3-21(24-20)23(36)26(6-18(12-31)13-32)7-19(14-33)15-34/h1-3,16-19,27-34H,4-15H2. The van der Waals surface area contributed by atoms with E-state index in [1.807, 2.05) is 0 Å². The Hall–Kier alpha value is -2.23. The lowest BCUT2D eigenvalue weighted by Gasteiger charge is -2.29. The predicted molar refractivity (Wildman–Crippen MR) is 127 cm³/mol. The average molecular weight is 518 g/mol. The first-order valence-electron chi connectivity index (χ1n) is 11.7. The van der Waals surface area contributed by atoms with Crippen molar-refractivity contribution in [1.82, 2.24) is 14.8 Å². The Labute approximate surface area is 209 Å². The minimum absolute atomic E-state index is 0.0856. The van der Waals surface area contributed by atoms with E-state index in [9.17, 15) is 50.4 Å². The smallest absolute Gasteiger partial charge is 0.272 e. The van der Waals surface area contributed by atoms with E-state index in [4.69, 9.17) is 0 Å². The molecule has 206 valence electrons. The molecule has 0 spiro atoms. The zero-order chi connectivity index (χ0) is 27.1. The SMILES string of the molecule is O=C(c1cccc(C(=O)N(CC(CO)CO)CC(CO)CO)n1)N(CC(CO)CO)CC(CO)CO. The Kier molecular flexibility index (Phi) is 15.3. The van der Waals surface area contributed by atoms with Crippen LogP contribution in [0.15, 0.2) is 18.2 Å². The summed E-state index contributed by atoms with van der Waals surface area (Å²) < 4.78 is 0. The lowest BCUT2D eigenvalue weighted by molar-refractivity contribution is 0.0511. The minimum atomic E-state index is -0.671. The van der Waals surface area contributed by atoms with Crippen LogP contribution in [0.25, 0.3) is 0 Å². The van der Waals surface area contributed by atoms with Gasteiger partial charge in [-0.25, -0.2) is 4.98 Å². The highest BCUT2D eigenvalue weighted by Crippen LogP contribution is 2.14. The topological polar surface area (TPSA) is 215 Å². The van der Waals surface area contributed by atoms with Crippen molar-refractivity contribution in [2.75, 3.05) is 79.0 Å². The molecule has 1 heterocycles. The van der Waals surface area contributed by atoms with Crippen molar-refractivity contribution in [2.45, 2.75) is 0 Å². The highest BCUT2D eigenvalue weighted by Gasteiger charge is 2.27. The molecule has 13 heteroatoms. The van der Waals surface area contributed by atoms with Gasteiger partial charge in [0, 0.05) is 103 Å². The molecule has 13 nitrogen and oxygen atoms in total. The second kappa shape index (κ2) is 17.3. The van der Waals surface area contributed by atoms with Crippen molar-refractivity contribution < 1.29 is 50.4 Å². The number of aromatic nitrogens is 1. The number of carbonyl (C=O) groups excluding carboxylic acids is 2. The molecular weight excluding hydrogens is 478 g/mol. The summed E-state index contributed by atoms with van der Waals surface area (Å²) in [5.41, 5.74) is -0.265. The van der Waals surface area contributed by atoms with Crippen molar-refractivity contribution >= 4 is 11.8 Å². The van der Waals surface area contributed by atoms with Gasteiger partial charge in [-0.15, -0.1) is 0 Å². The third kappa shape index (κ3) is 9.67. The minimum Gasteiger partial charge on any atom is -0.396 e. The molecule has 0 bridgehead atoms. The number of rotatable bonds is 18. The van der Waals surface area contributed by atoms with Crippen LogP contribution in [0.3, 0.4) is 0 Å². The van der Waals surface area contributed by atoms with Gasteiger partial charge in [0.2, 0.25) is 0 Å². The Morgan fingerprint density at radius 3 is 1.03 bits per heavy atom. The summed E-state index contributed by atoms with van der Waals surface area (Å²) in [6, 6.07) is 4.16. The first kappa shape index (κ1) is 31.8. The fourth-order valence-corrected chi connectivity index (χ4v) is 3.42. The van der Waals surface area contributed by atoms with Crippen LogP contribution in [-0.2, 0) is 0 Å². The van der Waals surface area contributed by atoms with Gasteiger partial charge in [0.1, 0.15) is 11.4 Å². The molecular formula is C23H39N3O10. The van der Waals surface area contributed by atoms with E-state index >= 15 is 0 Å². The summed E-state index contributed by atoms with van der Waals surface area (Å²) in [6.45, 7) is -3.58. The lowest BCUT2D eigenvalue weighted by Crippen LogP contribution is -2.43. The molecule has 0 unspecified atom stereocenters. The normalized spacial score (nSPS) is 11.7. The number of aliphatic hydroxyl groups excluding tert-OH is 8. The van der Waals surface area contributed by atoms with Gasteiger partial charge in [0.25, 0.3) is 11.8 Å². The quantitative estimate of drug-likeness (QED) is 0.0950. The maximum Gasteiger partial charge on any atom is 0.272 e. The molecule has 0 radical (unpaired) electrons. The van der Waals surface area contributed by atoms with E-state index in [0.717, 1.165) is 0 Å². The maximum absolute atomic E-state index is 13.2. The zero-order valence-electron chi connectivity index (χ0n) is 20.3. The van der Waals surface area contributed by atoms with E-state index in [0.29, 0.717) is 0 Å². The molecule has 1 aromatic heterocycles. The van der Waals surface area contributed by atoms with Gasteiger partial charge in [-0.05, 0) is 12.1 Å². The van der Waals surface area contributed by atoms with Crippen LogP contribution in [0.5, 0.6) is 0 Å². The Morgan fingerprint density at radius 2 is 0.806 bits per heavy atom. The van der Waals surface area contributed by atoms with Gasteiger partial charge < -0.3 is 50.7 Å². The molecule has 0 saturated heterocycles. The summed E-state index contributed by atoms with van der Waals surface area (Å²) in [7, 11) is 0. The molecule has 36 heavy (non-hydrogen) atoms. The van der Waals surface area contributed by atoms with E-state index in [1.54, 1.807) is 0 Å². The van der Waals surface area contributed by atoms with Gasteiger partial charge >= 0.3 is 0 Å². The molecule has 2 amide bonds. The molecule has 0 saturated carbocycles. The van der Waals surface area contributed by atoms with E-state index < -0.39 is 88.3 Å². The largest absolute Gasteiger partial charge is 0.396 e. The molecule has 0 aliphatic heterocycles. The van der Waals surface area contributed by atoms with Crippen molar-refractivity contribution in [1.29, 1.82) is 0 Å². The summed E-state index contributed by atoms with van der Waals surface area (Å²) in [6.07, 6.45) is 0. The number of aliphatic hydroxyl groups is 8. The van der Waals surface area contributed by atoms with Crippen molar-refractivity contribution in [2.24, 2.45) is 23.7 Å². The third-order valence-electron chi connectivity index (χ3n) is 5.74. The van der Waals surface area contributed by atoms with E-state index in [2.05, 4.69) is 4.98 Å². The molecule has 0 aliphatic rings. The monoisotopic (exact) mass is 517 g/mol. The average Bonchev–Trinajstić information content (AvgIpc) is 2.92. The second-order valence-corrected chi connectivity index (χ2v) is 8.75. The van der Waals surface area contributed by atoms with E-state index in [-0.39, 0.29) is 37.6 Å². The summed E-state index contributed by atoms with van der Waals surface area (Å²) in [5, 5.41) is 75.6. The number of carbonyl (C=O) groups is 2. The second-order valence-electron chi connectivity index (χ2n) is 8.75. The third-order valence-corrected chi connectivity index (χ3v) is 5.74. The van der Waals surface area contributed by atoms with Gasteiger partial charge in [0.15, 0.2) is 0 Å². The highest BCUT2D eigenvalue weighted by atomic mass is 16.3. The first-order valence-corrected chi connectivity index (χ1v) is 11.7. The van der Waals surface area contributed by atoms with Crippen LogP contribution in [0.1, 0.15) is 21.0 Å².